The number of amides is 1. The molecule has 0 saturated heterocycles. The Morgan fingerprint density at radius 2 is 2.11 bits per heavy atom. The molecule has 0 unspecified atom stereocenters. The summed E-state index contributed by atoms with van der Waals surface area (Å²) in [4.78, 5) is 18.8. The molecule has 100 valence electrons. The largest absolute Gasteiger partial charge is 0.369 e. The van der Waals surface area contributed by atoms with Gasteiger partial charge in [0.1, 0.15) is 0 Å². The summed E-state index contributed by atoms with van der Waals surface area (Å²) in [5.41, 5.74) is 8.51. The van der Waals surface area contributed by atoms with Gasteiger partial charge in [0.15, 0.2) is 5.16 Å². The number of carbonyl (C=O) groups excluding carboxylic acids is 1. The number of H-pyrrole nitrogens is 1. The van der Waals surface area contributed by atoms with Gasteiger partial charge in [-0.2, -0.15) is 0 Å². The molecule has 0 radical (unpaired) electrons. The lowest BCUT2D eigenvalue weighted by Gasteiger charge is -2.02. The molecule has 0 aliphatic rings. The number of nitrogens with two attached hydrogens (primary N) is 1. The van der Waals surface area contributed by atoms with E-state index in [1.54, 1.807) is 6.92 Å². The van der Waals surface area contributed by atoms with Crippen LogP contribution in [0.5, 0.6) is 0 Å². The molecule has 3 N–H and O–H groups in total. The molecule has 0 saturated carbocycles. The van der Waals surface area contributed by atoms with Crippen molar-refractivity contribution in [1.29, 1.82) is 0 Å². The van der Waals surface area contributed by atoms with Gasteiger partial charge < -0.3 is 10.7 Å². The predicted octanol–water partition coefficient (Wildman–Crippen LogP) is 2.27. The fourth-order valence-electron chi connectivity index (χ4n) is 1.71. The van der Waals surface area contributed by atoms with Gasteiger partial charge in [-0.1, -0.05) is 42.1 Å². The molecule has 2 rings (SSSR count). The minimum Gasteiger partial charge on any atom is -0.369 e. The number of benzene rings is 1. The lowest BCUT2D eigenvalue weighted by molar-refractivity contribution is -0.117. The van der Waals surface area contributed by atoms with E-state index in [1.807, 2.05) is 25.1 Å². The van der Waals surface area contributed by atoms with Crippen LogP contribution in [-0.4, -0.2) is 21.1 Å². The molecule has 1 aromatic carbocycles. The number of imidazole rings is 1. The molecule has 0 aliphatic heterocycles. The number of carbonyl (C=O) groups is 1. The lowest BCUT2D eigenvalue weighted by atomic mass is 10.1. The molecular weight excluding hydrogens is 258 g/mol. The van der Waals surface area contributed by atoms with Crippen LogP contribution in [0.4, 0.5) is 0 Å². The molecule has 1 amide bonds. The third-order valence-corrected chi connectivity index (χ3v) is 3.87. The first-order valence-corrected chi connectivity index (χ1v) is 6.99. The molecule has 0 fully saturated rings. The third-order valence-electron chi connectivity index (χ3n) is 2.87. The van der Waals surface area contributed by atoms with Crippen LogP contribution in [0.3, 0.4) is 0 Å². The molecule has 0 spiro atoms. The Kier molecular flexibility index (Phi) is 4.27. The molecule has 0 aliphatic carbocycles. The summed E-state index contributed by atoms with van der Waals surface area (Å²) in [5.74, 6) is -0.330. The maximum Gasteiger partial charge on any atom is 0.230 e. The molecule has 1 atom stereocenters. The topological polar surface area (TPSA) is 71.8 Å². The van der Waals surface area contributed by atoms with Crippen LogP contribution in [0.2, 0.25) is 0 Å². The second-order valence-electron chi connectivity index (χ2n) is 4.44. The van der Waals surface area contributed by atoms with Crippen molar-refractivity contribution < 1.29 is 4.79 Å². The second kappa shape index (κ2) is 5.93. The van der Waals surface area contributed by atoms with Crippen LogP contribution in [0.15, 0.2) is 35.5 Å². The van der Waals surface area contributed by atoms with Crippen molar-refractivity contribution in [3.63, 3.8) is 0 Å². The van der Waals surface area contributed by atoms with Gasteiger partial charge in [0.25, 0.3) is 0 Å². The van der Waals surface area contributed by atoms with Crippen LogP contribution >= 0.6 is 11.8 Å². The van der Waals surface area contributed by atoms with E-state index in [0.717, 1.165) is 23.0 Å². The first-order valence-electron chi connectivity index (χ1n) is 6.11. The highest BCUT2D eigenvalue weighted by Gasteiger charge is 2.14. The number of thioether (sulfide) groups is 1. The zero-order valence-corrected chi connectivity index (χ0v) is 11.8. The van der Waals surface area contributed by atoms with Crippen molar-refractivity contribution in [2.75, 3.05) is 0 Å². The van der Waals surface area contributed by atoms with Gasteiger partial charge in [-0.3, -0.25) is 4.79 Å². The minimum absolute atomic E-state index is 0.282. The average molecular weight is 275 g/mol. The van der Waals surface area contributed by atoms with Crippen LogP contribution in [-0.2, 0) is 11.2 Å². The van der Waals surface area contributed by atoms with Crippen molar-refractivity contribution in [2.24, 2.45) is 5.73 Å². The Morgan fingerprint density at radius 3 is 2.74 bits per heavy atom. The van der Waals surface area contributed by atoms with Crippen molar-refractivity contribution >= 4 is 17.7 Å². The lowest BCUT2D eigenvalue weighted by Crippen LogP contribution is -2.22. The minimum atomic E-state index is -0.330. The van der Waals surface area contributed by atoms with Crippen molar-refractivity contribution in [3.8, 4) is 0 Å². The summed E-state index contributed by atoms with van der Waals surface area (Å²) in [6, 6.07) is 10.2. The summed E-state index contributed by atoms with van der Waals surface area (Å²) < 4.78 is 0. The zero-order valence-electron chi connectivity index (χ0n) is 11.0. The summed E-state index contributed by atoms with van der Waals surface area (Å²) in [7, 11) is 0. The number of aromatic amines is 1. The fourth-order valence-corrected chi connectivity index (χ4v) is 2.54. The molecule has 2 aromatic rings. The fraction of sp³-hybridized carbons (Fsp3) is 0.286. The first-order chi connectivity index (χ1) is 9.06. The molecular formula is C14H17N3OS. The van der Waals surface area contributed by atoms with E-state index in [4.69, 9.17) is 5.73 Å². The maximum absolute atomic E-state index is 11.0. The number of aryl methyl sites for hydroxylation is 1. The molecule has 4 nitrogen and oxygen atoms in total. The normalized spacial score (nSPS) is 12.3. The van der Waals surface area contributed by atoms with E-state index >= 15 is 0 Å². The monoisotopic (exact) mass is 275 g/mol. The van der Waals surface area contributed by atoms with Gasteiger partial charge in [-0.15, -0.1) is 0 Å². The summed E-state index contributed by atoms with van der Waals surface area (Å²) in [5, 5.41) is 0.463. The van der Waals surface area contributed by atoms with Gasteiger partial charge in [0.05, 0.1) is 10.9 Å². The average Bonchev–Trinajstić information content (AvgIpc) is 2.71. The number of primary amides is 1. The number of nitrogens with zero attached hydrogens (tertiary/aromatic N) is 1. The summed E-state index contributed by atoms with van der Waals surface area (Å²) in [6.07, 6.45) is 0.786. The Morgan fingerprint density at radius 1 is 1.42 bits per heavy atom. The van der Waals surface area contributed by atoms with E-state index < -0.39 is 0 Å². The Hall–Kier alpha value is -1.75. The summed E-state index contributed by atoms with van der Waals surface area (Å²) in [6.45, 7) is 3.77. The molecule has 1 aromatic heterocycles. The number of nitrogens with one attached hydrogen (secondary N) is 1. The van der Waals surface area contributed by atoms with Gasteiger partial charge in [-0.05, 0) is 19.4 Å². The smallest absolute Gasteiger partial charge is 0.230 e. The molecule has 5 heteroatoms. The third kappa shape index (κ3) is 3.61. The van der Waals surface area contributed by atoms with E-state index in [0.29, 0.717) is 0 Å². The SMILES string of the molecule is Cc1[nH]c(S[C@H](C)C(N)=O)nc1Cc1ccccc1. The molecule has 19 heavy (non-hydrogen) atoms. The van der Waals surface area contributed by atoms with Crippen LogP contribution in [0, 0.1) is 6.92 Å². The van der Waals surface area contributed by atoms with Gasteiger partial charge >= 0.3 is 0 Å². The summed E-state index contributed by atoms with van der Waals surface area (Å²) >= 11 is 1.36. The number of hydrogen-bond acceptors (Lipinski definition) is 3. The highest BCUT2D eigenvalue weighted by molar-refractivity contribution is 8.00. The van der Waals surface area contributed by atoms with Gasteiger partial charge in [-0.25, -0.2) is 4.98 Å². The standard InChI is InChI=1S/C14H17N3OS/c1-9-12(8-11-6-4-3-5-7-11)17-14(16-9)19-10(2)13(15)18/h3-7,10H,8H2,1-2H3,(H2,15,18)(H,16,17)/t10-/m1/s1. The highest BCUT2D eigenvalue weighted by atomic mass is 32.2. The second-order valence-corrected chi connectivity index (χ2v) is 5.77. The van der Waals surface area contributed by atoms with E-state index in [9.17, 15) is 4.79 Å². The Bertz CT molecular complexity index is 565. The van der Waals surface area contributed by atoms with Crippen LogP contribution < -0.4 is 5.73 Å². The number of hydrogen-bond donors (Lipinski definition) is 2. The highest BCUT2D eigenvalue weighted by Crippen LogP contribution is 2.22. The maximum atomic E-state index is 11.0. The number of aromatic nitrogens is 2. The van der Waals surface area contributed by atoms with Crippen molar-refractivity contribution in [3.05, 3.63) is 47.3 Å². The molecule has 0 bridgehead atoms. The number of rotatable bonds is 5. The molecule has 1 heterocycles. The van der Waals surface area contributed by atoms with E-state index in [1.165, 1.54) is 17.3 Å². The van der Waals surface area contributed by atoms with Gasteiger partial charge in [0, 0.05) is 12.1 Å². The van der Waals surface area contributed by atoms with E-state index in [-0.39, 0.29) is 11.2 Å². The quantitative estimate of drug-likeness (QED) is 0.822. The van der Waals surface area contributed by atoms with Crippen LogP contribution in [0.25, 0.3) is 0 Å². The predicted molar refractivity (Wildman–Crippen MR) is 77.1 cm³/mol. The van der Waals surface area contributed by atoms with E-state index in [2.05, 4.69) is 22.1 Å². The Balaban J connectivity index is 2.11. The zero-order chi connectivity index (χ0) is 13.8. The Labute approximate surface area is 116 Å². The first kappa shape index (κ1) is 13.7. The van der Waals surface area contributed by atoms with Crippen molar-refractivity contribution in [1.82, 2.24) is 9.97 Å². The van der Waals surface area contributed by atoms with Crippen LogP contribution in [0.1, 0.15) is 23.9 Å². The van der Waals surface area contributed by atoms with Crippen molar-refractivity contribution in [2.45, 2.75) is 30.7 Å². The van der Waals surface area contributed by atoms with Gasteiger partial charge in [0.2, 0.25) is 5.91 Å².